The Balaban J connectivity index is 2.29. The van der Waals surface area contributed by atoms with Crippen molar-refractivity contribution in [3.63, 3.8) is 0 Å². The number of carbonyl (C=O) groups is 2. The first kappa shape index (κ1) is 11.6. The van der Waals surface area contributed by atoms with Crippen molar-refractivity contribution >= 4 is 11.9 Å². The third kappa shape index (κ3) is 2.02. The predicted molar refractivity (Wildman–Crippen MR) is 63.0 cm³/mol. The number of carboxylic acid groups (broad SMARTS) is 1. The van der Waals surface area contributed by atoms with Crippen molar-refractivity contribution < 1.29 is 14.7 Å². The molecule has 4 heteroatoms. The molecule has 0 aromatic heterocycles. The van der Waals surface area contributed by atoms with Gasteiger partial charge in [-0.3, -0.25) is 9.59 Å². The molecular formula is C13H15NO3. The van der Waals surface area contributed by atoms with Crippen LogP contribution in [-0.2, 0) is 10.2 Å². The van der Waals surface area contributed by atoms with E-state index in [1.165, 1.54) is 0 Å². The van der Waals surface area contributed by atoms with Crippen molar-refractivity contribution in [3.05, 3.63) is 35.4 Å². The molecule has 4 nitrogen and oxygen atoms in total. The highest BCUT2D eigenvalue weighted by atomic mass is 16.4. The van der Waals surface area contributed by atoms with E-state index in [1.807, 2.05) is 6.92 Å². The SMILES string of the molecule is CCNC(=O)c1cccc(C2(C(=O)O)CC2)c1. The first-order valence-corrected chi connectivity index (χ1v) is 5.72. The average Bonchev–Trinajstić information content (AvgIpc) is 3.11. The topological polar surface area (TPSA) is 66.4 Å². The Morgan fingerprint density at radius 3 is 2.65 bits per heavy atom. The van der Waals surface area contributed by atoms with Gasteiger partial charge in [0.15, 0.2) is 0 Å². The second-order valence-electron chi connectivity index (χ2n) is 4.33. The highest BCUT2D eigenvalue weighted by Crippen LogP contribution is 2.48. The van der Waals surface area contributed by atoms with Crippen molar-refractivity contribution in [1.29, 1.82) is 0 Å². The molecule has 1 aliphatic carbocycles. The Morgan fingerprint density at radius 2 is 2.12 bits per heavy atom. The second kappa shape index (κ2) is 4.20. The number of hydrogen-bond acceptors (Lipinski definition) is 2. The monoisotopic (exact) mass is 233 g/mol. The zero-order chi connectivity index (χ0) is 12.5. The molecule has 17 heavy (non-hydrogen) atoms. The average molecular weight is 233 g/mol. The summed E-state index contributed by atoms with van der Waals surface area (Å²) >= 11 is 0. The van der Waals surface area contributed by atoms with Crippen molar-refractivity contribution in [2.45, 2.75) is 25.2 Å². The summed E-state index contributed by atoms with van der Waals surface area (Å²) in [4.78, 5) is 22.8. The van der Waals surface area contributed by atoms with Crippen LogP contribution in [0, 0.1) is 0 Å². The van der Waals surface area contributed by atoms with E-state index in [0.717, 1.165) is 5.56 Å². The minimum Gasteiger partial charge on any atom is -0.481 e. The third-order valence-corrected chi connectivity index (χ3v) is 3.17. The van der Waals surface area contributed by atoms with Gasteiger partial charge in [-0.05, 0) is 37.5 Å². The van der Waals surface area contributed by atoms with Crippen LogP contribution in [0.3, 0.4) is 0 Å². The van der Waals surface area contributed by atoms with E-state index < -0.39 is 11.4 Å². The van der Waals surface area contributed by atoms with Gasteiger partial charge in [0.25, 0.3) is 5.91 Å². The molecule has 90 valence electrons. The summed E-state index contributed by atoms with van der Waals surface area (Å²) in [6.07, 6.45) is 1.31. The van der Waals surface area contributed by atoms with Crippen LogP contribution in [-0.4, -0.2) is 23.5 Å². The van der Waals surface area contributed by atoms with Crippen LogP contribution < -0.4 is 5.32 Å². The maximum absolute atomic E-state index is 11.7. The van der Waals surface area contributed by atoms with E-state index in [4.69, 9.17) is 0 Å². The number of hydrogen-bond donors (Lipinski definition) is 2. The Labute approximate surface area is 99.6 Å². The normalized spacial score (nSPS) is 16.3. The van der Waals surface area contributed by atoms with Crippen LogP contribution in [0.1, 0.15) is 35.7 Å². The summed E-state index contributed by atoms with van der Waals surface area (Å²) in [6.45, 7) is 2.41. The Morgan fingerprint density at radius 1 is 1.41 bits per heavy atom. The first-order chi connectivity index (χ1) is 8.10. The van der Waals surface area contributed by atoms with Crippen molar-refractivity contribution in [3.8, 4) is 0 Å². The molecule has 0 bridgehead atoms. The Bertz CT molecular complexity index is 463. The van der Waals surface area contributed by atoms with E-state index in [1.54, 1.807) is 24.3 Å². The maximum atomic E-state index is 11.7. The molecule has 0 spiro atoms. The molecule has 1 fully saturated rings. The molecule has 2 N–H and O–H groups in total. The first-order valence-electron chi connectivity index (χ1n) is 5.72. The number of nitrogens with one attached hydrogen (secondary N) is 1. The minimum absolute atomic E-state index is 0.157. The lowest BCUT2D eigenvalue weighted by atomic mass is 9.94. The van der Waals surface area contributed by atoms with Gasteiger partial charge < -0.3 is 10.4 Å². The number of carbonyl (C=O) groups excluding carboxylic acids is 1. The molecule has 2 rings (SSSR count). The zero-order valence-electron chi connectivity index (χ0n) is 9.69. The lowest BCUT2D eigenvalue weighted by Crippen LogP contribution is -2.24. The van der Waals surface area contributed by atoms with Gasteiger partial charge in [0.2, 0.25) is 0 Å². The molecule has 0 aliphatic heterocycles. The second-order valence-corrected chi connectivity index (χ2v) is 4.33. The number of carboxylic acids is 1. The maximum Gasteiger partial charge on any atom is 0.314 e. The summed E-state index contributed by atoms with van der Waals surface area (Å²) < 4.78 is 0. The van der Waals surface area contributed by atoms with Gasteiger partial charge in [-0.1, -0.05) is 12.1 Å². The van der Waals surface area contributed by atoms with Gasteiger partial charge in [-0.2, -0.15) is 0 Å². The molecule has 1 aromatic rings. The fraction of sp³-hybridized carbons (Fsp3) is 0.385. The van der Waals surface area contributed by atoms with E-state index in [9.17, 15) is 14.7 Å². The number of rotatable bonds is 4. The van der Waals surface area contributed by atoms with Gasteiger partial charge in [0.1, 0.15) is 0 Å². The summed E-state index contributed by atoms with van der Waals surface area (Å²) in [5.41, 5.74) is 0.508. The van der Waals surface area contributed by atoms with Crippen LogP contribution in [0.2, 0.25) is 0 Å². The zero-order valence-corrected chi connectivity index (χ0v) is 9.69. The minimum atomic E-state index is -0.800. The molecule has 0 unspecified atom stereocenters. The van der Waals surface area contributed by atoms with Gasteiger partial charge in [-0.25, -0.2) is 0 Å². The summed E-state index contributed by atoms with van der Waals surface area (Å²) in [6, 6.07) is 6.91. The van der Waals surface area contributed by atoms with Gasteiger partial charge in [0, 0.05) is 12.1 Å². The standard InChI is InChI=1S/C13H15NO3/c1-2-14-11(15)9-4-3-5-10(8-9)13(6-7-13)12(16)17/h3-5,8H,2,6-7H2,1H3,(H,14,15)(H,16,17). The van der Waals surface area contributed by atoms with Crippen molar-refractivity contribution in [2.24, 2.45) is 0 Å². The Hall–Kier alpha value is -1.84. The van der Waals surface area contributed by atoms with Crippen LogP contribution >= 0.6 is 0 Å². The summed E-state index contributed by atoms with van der Waals surface area (Å²) in [5, 5.41) is 11.9. The fourth-order valence-electron chi connectivity index (χ4n) is 1.97. The molecule has 0 heterocycles. The van der Waals surface area contributed by atoms with E-state index >= 15 is 0 Å². The Kier molecular flexibility index (Phi) is 2.88. The van der Waals surface area contributed by atoms with Crippen molar-refractivity contribution in [2.75, 3.05) is 6.54 Å². The van der Waals surface area contributed by atoms with Gasteiger partial charge in [0.05, 0.1) is 5.41 Å². The quantitative estimate of drug-likeness (QED) is 0.829. The number of aliphatic carboxylic acids is 1. The molecule has 0 atom stereocenters. The van der Waals surface area contributed by atoms with Gasteiger partial charge in [-0.15, -0.1) is 0 Å². The predicted octanol–water partition coefficient (Wildman–Crippen LogP) is 1.55. The molecule has 1 aromatic carbocycles. The molecule has 1 aliphatic rings. The number of benzene rings is 1. The van der Waals surface area contributed by atoms with E-state index in [2.05, 4.69) is 5.32 Å². The van der Waals surface area contributed by atoms with E-state index in [0.29, 0.717) is 24.9 Å². The molecule has 1 saturated carbocycles. The van der Waals surface area contributed by atoms with Crippen molar-refractivity contribution in [1.82, 2.24) is 5.32 Å². The smallest absolute Gasteiger partial charge is 0.314 e. The highest BCUT2D eigenvalue weighted by molar-refractivity contribution is 5.95. The molecule has 0 saturated heterocycles. The lowest BCUT2D eigenvalue weighted by Gasteiger charge is -2.11. The van der Waals surface area contributed by atoms with Gasteiger partial charge >= 0.3 is 5.97 Å². The van der Waals surface area contributed by atoms with Crippen LogP contribution in [0.15, 0.2) is 24.3 Å². The van der Waals surface area contributed by atoms with E-state index in [-0.39, 0.29) is 5.91 Å². The molecule has 1 amide bonds. The third-order valence-electron chi connectivity index (χ3n) is 3.17. The number of amides is 1. The molecular weight excluding hydrogens is 218 g/mol. The summed E-state index contributed by atoms with van der Waals surface area (Å²) in [5.74, 6) is -0.957. The fourth-order valence-corrected chi connectivity index (χ4v) is 1.97. The van der Waals surface area contributed by atoms with Crippen LogP contribution in [0.25, 0.3) is 0 Å². The molecule has 0 radical (unpaired) electrons. The lowest BCUT2D eigenvalue weighted by molar-refractivity contribution is -0.140. The van der Waals surface area contributed by atoms with Crippen LogP contribution in [0.4, 0.5) is 0 Å². The van der Waals surface area contributed by atoms with Crippen LogP contribution in [0.5, 0.6) is 0 Å². The largest absolute Gasteiger partial charge is 0.481 e. The summed E-state index contributed by atoms with van der Waals surface area (Å²) in [7, 11) is 0. The highest BCUT2D eigenvalue weighted by Gasteiger charge is 2.51.